The molecule has 0 bridgehead atoms. The molecule has 0 aliphatic rings. The summed E-state index contributed by atoms with van der Waals surface area (Å²) in [7, 11) is 0. The molecule has 2 rings (SSSR count). The Labute approximate surface area is 174 Å². The molecule has 0 saturated heterocycles. The highest BCUT2D eigenvalue weighted by atomic mass is 16.2. The Kier molecular flexibility index (Phi) is 7.97. The summed E-state index contributed by atoms with van der Waals surface area (Å²) in [5.74, 6) is 0.617. The van der Waals surface area contributed by atoms with E-state index in [1.807, 2.05) is 6.92 Å². The van der Waals surface area contributed by atoms with Crippen LogP contribution in [0.3, 0.4) is 0 Å². The third-order valence-electron chi connectivity index (χ3n) is 4.92. The van der Waals surface area contributed by atoms with Gasteiger partial charge in [-0.1, -0.05) is 52.0 Å². The van der Waals surface area contributed by atoms with Crippen LogP contribution < -0.4 is 16.0 Å². The third kappa shape index (κ3) is 6.71. The van der Waals surface area contributed by atoms with Crippen molar-refractivity contribution < 1.29 is 9.59 Å². The van der Waals surface area contributed by atoms with Crippen LogP contribution in [0.4, 0.5) is 11.4 Å². The van der Waals surface area contributed by atoms with Gasteiger partial charge in [-0.2, -0.15) is 0 Å². The number of anilines is 2. The van der Waals surface area contributed by atoms with E-state index >= 15 is 0 Å². The Morgan fingerprint density at radius 3 is 1.66 bits per heavy atom. The molecule has 5 heteroatoms. The molecule has 2 aromatic rings. The molecule has 3 N–H and O–H groups in total. The summed E-state index contributed by atoms with van der Waals surface area (Å²) in [5, 5.41) is 9.11. The highest BCUT2D eigenvalue weighted by Crippen LogP contribution is 2.25. The smallest absolute Gasteiger partial charge is 0.241 e. The number of nitrogens with one attached hydrogen (secondary N) is 3. The molecule has 0 unspecified atom stereocenters. The van der Waals surface area contributed by atoms with Crippen molar-refractivity contribution in [2.24, 2.45) is 5.92 Å². The molecule has 0 aliphatic heterocycles. The first-order valence-electron chi connectivity index (χ1n) is 10.2. The van der Waals surface area contributed by atoms with Crippen molar-refractivity contribution in [1.82, 2.24) is 5.32 Å². The third-order valence-corrected chi connectivity index (χ3v) is 4.92. The Bertz CT molecular complexity index is 811. The second kappa shape index (κ2) is 10.2. The lowest BCUT2D eigenvalue weighted by Gasteiger charge is -2.27. The number of rotatable bonds is 8. The molecule has 2 aromatic carbocycles. The molecule has 0 spiro atoms. The van der Waals surface area contributed by atoms with Crippen molar-refractivity contribution in [3.05, 3.63) is 59.7 Å². The van der Waals surface area contributed by atoms with Crippen molar-refractivity contribution in [2.75, 3.05) is 10.6 Å². The van der Waals surface area contributed by atoms with E-state index < -0.39 is 0 Å². The summed E-state index contributed by atoms with van der Waals surface area (Å²) >= 11 is 0. The quantitative estimate of drug-likeness (QED) is 0.583. The van der Waals surface area contributed by atoms with Crippen molar-refractivity contribution >= 4 is 23.2 Å². The first-order valence-corrected chi connectivity index (χ1v) is 10.2. The monoisotopic (exact) mass is 395 g/mol. The summed E-state index contributed by atoms with van der Waals surface area (Å²) in [6, 6.07) is 15.4. The molecule has 0 saturated carbocycles. The zero-order chi connectivity index (χ0) is 21.6. The van der Waals surface area contributed by atoms with Crippen LogP contribution in [-0.4, -0.2) is 17.9 Å². The van der Waals surface area contributed by atoms with Crippen LogP contribution in [0.1, 0.15) is 64.6 Å². The summed E-state index contributed by atoms with van der Waals surface area (Å²) in [4.78, 5) is 23.8. The molecule has 29 heavy (non-hydrogen) atoms. The average Bonchev–Trinajstić information content (AvgIpc) is 2.66. The Balaban J connectivity index is 2.02. The lowest BCUT2D eigenvalue weighted by molar-refractivity contribution is -0.118. The van der Waals surface area contributed by atoms with Gasteiger partial charge in [0.2, 0.25) is 11.8 Å². The molecule has 5 nitrogen and oxygen atoms in total. The minimum atomic E-state index is -0.359. The number of hydrogen-bond donors (Lipinski definition) is 3. The summed E-state index contributed by atoms with van der Waals surface area (Å²) in [6.07, 6.45) is 0. The lowest BCUT2D eigenvalue weighted by Crippen LogP contribution is -2.41. The number of hydrogen-bond acceptors (Lipinski definition) is 3. The van der Waals surface area contributed by atoms with Crippen molar-refractivity contribution in [3.8, 4) is 0 Å². The van der Waals surface area contributed by atoms with Crippen molar-refractivity contribution in [3.63, 3.8) is 0 Å². The number of carbonyl (C=O) groups excluding carboxylic acids is 2. The summed E-state index contributed by atoms with van der Waals surface area (Å²) in [5.41, 5.74) is 3.89. The molecular formula is C24H33N3O2. The van der Waals surface area contributed by atoms with Gasteiger partial charge in [0, 0.05) is 24.3 Å². The molecule has 156 valence electrons. The van der Waals surface area contributed by atoms with Gasteiger partial charge in [-0.3, -0.25) is 14.9 Å². The predicted molar refractivity (Wildman–Crippen MR) is 120 cm³/mol. The fourth-order valence-electron chi connectivity index (χ4n) is 3.20. The van der Waals surface area contributed by atoms with Crippen LogP contribution in [0.5, 0.6) is 0 Å². The van der Waals surface area contributed by atoms with E-state index in [0.717, 1.165) is 0 Å². The normalized spacial score (nSPS) is 13.2. The molecular weight excluding hydrogens is 362 g/mol. The van der Waals surface area contributed by atoms with Gasteiger partial charge in [-0.05, 0) is 54.2 Å². The first-order chi connectivity index (χ1) is 13.7. The molecule has 0 aromatic heterocycles. The predicted octanol–water partition coefficient (Wildman–Crippen LogP) is 5.08. The van der Waals surface area contributed by atoms with Crippen LogP contribution in [0.25, 0.3) is 0 Å². The molecule has 0 heterocycles. The second-order valence-corrected chi connectivity index (χ2v) is 8.18. The number of carbonyl (C=O) groups is 2. The molecule has 0 aliphatic carbocycles. The zero-order valence-electron chi connectivity index (χ0n) is 18.2. The van der Waals surface area contributed by atoms with E-state index in [2.05, 4.69) is 67.9 Å². The molecule has 0 radical (unpaired) electrons. The topological polar surface area (TPSA) is 70.2 Å². The molecule has 2 amide bonds. The largest absolute Gasteiger partial charge is 0.326 e. The van der Waals surface area contributed by atoms with Crippen LogP contribution in [-0.2, 0) is 9.59 Å². The highest BCUT2D eigenvalue weighted by molar-refractivity contribution is 5.95. The fourth-order valence-corrected chi connectivity index (χ4v) is 3.20. The Morgan fingerprint density at radius 1 is 0.724 bits per heavy atom. The Morgan fingerprint density at radius 2 is 1.21 bits per heavy atom. The summed E-state index contributed by atoms with van der Waals surface area (Å²) in [6.45, 7) is 12.0. The maximum absolute atomic E-state index is 12.7. The minimum Gasteiger partial charge on any atom is -0.326 e. The van der Waals surface area contributed by atoms with Gasteiger partial charge in [0.1, 0.15) is 0 Å². The maximum Gasteiger partial charge on any atom is 0.241 e. The maximum atomic E-state index is 12.7. The van der Waals surface area contributed by atoms with Crippen molar-refractivity contribution in [1.29, 1.82) is 0 Å². The average molecular weight is 396 g/mol. The summed E-state index contributed by atoms with van der Waals surface area (Å²) < 4.78 is 0. The Hall–Kier alpha value is -2.66. The van der Waals surface area contributed by atoms with Crippen LogP contribution in [0.2, 0.25) is 0 Å². The minimum absolute atomic E-state index is 0.0825. The van der Waals surface area contributed by atoms with Gasteiger partial charge < -0.3 is 10.6 Å². The standard InChI is InChI=1S/C24H33N3O2/c1-15(2)19-7-9-20(10-8-19)23(16(3)4)25-17(5)24(29)27-22-13-11-21(12-14-22)26-18(6)28/h7-17,23,25H,1-6H3,(H,26,28)(H,27,29)/t17-,23+/m0/s1. The van der Waals surface area contributed by atoms with Gasteiger partial charge in [0.25, 0.3) is 0 Å². The van der Waals surface area contributed by atoms with E-state index in [1.54, 1.807) is 24.3 Å². The van der Waals surface area contributed by atoms with E-state index in [0.29, 0.717) is 23.2 Å². The van der Waals surface area contributed by atoms with E-state index in [1.165, 1.54) is 18.1 Å². The van der Waals surface area contributed by atoms with Crippen LogP contribution in [0, 0.1) is 5.92 Å². The zero-order valence-corrected chi connectivity index (χ0v) is 18.2. The molecule has 0 fully saturated rings. The van der Waals surface area contributed by atoms with Crippen LogP contribution in [0.15, 0.2) is 48.5 Å². The highest BCUT2D eigenvalue weighted by Gasteiger charge is 2.22. The second-order valence-electron chi connectivity index (χ2n) is 8.18. The number of amides is 2. The fraction of sp³-hybridized carbons (Fsp3) is 0.417. The lowest BCUT2D eigenvalue weighted by atomic mass is 9.93. The van der Waals surface area contributed by atoms with Gasteiger partial charge >= 0.3 is 0 Å². The van der Waals surface area contributed by atoms with Gasteiger partial charge in [-0.15, -0.1) is 0 Å². The van der Waals surface area contributed by atoms with E-state index in [9.17, 15) is 9.59 Å². The number of benzene rings is 2. The first kappa shape index (κ1) is 22.6. The molecule has 2 atom stereocenters. The van der Waals surface area contributed by atoms with Gasteiger partial charge in [-0.25, -0.2) is 0 Å². The van der Waals surface area contributed by atoms with Crippen molar-refractivity contribution in [2.45, 2.75) is 59.5 Å². The van der Waals surface area contributed by atoms with E-state index in [4.69, 9.17) is 0 Å². The van der Waals surface area contributed by atoms with Crippen LogP contribution >= 0.6 is 0 Å². The van der Waals surface area contributed by atoms with Gasteiger partial charge in [0.15, 0.2) is 0 Å². The van der Waals surface area contributed by atoms with Gasteiger partial charge in [0.05, 0.1) is 6.04 Å². The van der Waals surface area contributed by atoms with E-state index in [-0.39, 0.29) is 23.9 Å². The SMILES string of the molecule is CC(=O)Nc1ccc(NC(=O)[C@H](C)N[C@@H](c2ccc(C(C)C)cc2)C(C)C)cc1.